The van der Waals surface area contributed by atoms with Crippen molar-refractivity contribution in [2.24, 2.45) is 4.99 Å². The Morgan fingerprint density at radius 2 is 1.78 bits per heavy atom. The lowest BCUT2D eigenvalue weighted by Gasteiger charge is -2.34. The molecule has 0 aliphatic carbocycles. The molecular weight excluding hydrogens is 406 g/mol. The SMILES string of the molecule is CCNC(=NCc1nncn1-c1ccccc1)NCC(CC)(CC)NC(=O)OC(C)(C)C. The minimum atomic E-state index is -0.546. The number of hydrogen-bond donors (Lipinski definition) is 3. The van der Waals surface area contributed by atoms with E-state index >= 15 is 0 Å². The number of ether oxygens (including phenoxy) is 1. The topological polar surface area (TPSA) is 105 Å². The van der Waals surface area contributed by atoms with Gasteiger partial charge in [0, 0.05) is 18.8 Å². The zero-order valence-corrected chi connectivity index (χ0v) is 20.1. The number of nitrogens with one attached hydrogen (secondary N) is 3. The lowest BCUT2D eigenvalue weighted by molar-refractivity contribution is 0.0448. The highest BCUT2D eigenvalue weighted by atomic mass is 16.6. The van der Waals surface area contributed by atoms with E-state index in [1.165, 1.54) is 0 Å². The van der Waals surface area contributed by atoms with Gasteiger partial charge in [-0.1, -0.05) is 32.0 Å². The summed E-state index contributed by atoms with van der Waals surface area (Å²) in [5.41, 5.74) is -0.0171. The summed E-state index contributed by atoms with van der Waals surface area (Å²) in [6.45, 7) is 13.3. The van der Waals surface area contributed by atoms with Crippen molar-refractivity contribution in [3.63, 3.8) is 0 Å². The smallest absolute Gasteiger partial charge is 0.408 e. The number of para-hydroxylation sites is 1. The van der Waals surface area contributed by atoms with Crippen LogP contribution in [0, 0.1) is 0 Å². The molecule has 1 heterocycles. The third-order valence-electron chi connectivity index (χ3n) is 5.09. The Bertz CT molecular complexity index is 868. The van der Waals surface area contributed by atoms with Gasteiger partial charge in [-0.3, -0.25) is 4.57 Å². The summed E-state index contributed by atoms with van der Waals surface area (Å²) in [6.07, 6.45) is 2.76. The van der Waals surface area contributed by atoms with Crippen LogP contribution in [0.1, 0.15) is 60.2 Å². The van der Waals surface area contributed by atoms with E-state index in [2.05, 4.69) is 45.0 Å². The number of aliphatic imine (C=N–C) groups is 1. The molecule has 1 amide bonds. The van der Waals surface area contributed by atoms with Gasteiger partial charge in [0.05, 0.1) is 5.54 Å². The molecule has 3 N–H and O–H groups in total. The summed E-state index contributed by atoms with van der Waals surface area (Å²) in [5.74, 6) is 1.38. The number of carbonyl (C=O) groups is 1. The second-order valence-electron chi connectivity index (χ2n) is 8.62. The highest BCUT2D eigenvalue weighted by Gasteiger charge is 2.30. The molecule has 0 radical (unpaired) electrons. The van der Waals surface area contributed by atoms with E-state index in [9.17, 15) is 4.79 Å². The van der Waals surface area contributed by atoms with Crippen molar-refractivity contribution in [3.8, 4) is 5.69 Å². The van der Waals surface area contributed by atoms with Crippen molar-refractivity contribution in [1.29, 1.82) is 0 Å². The Balaban J connectivity index is 2.09. The van der Waals surface area contributed by atoms with Gasteiger partial charge in [-0.05, 0) is 52.7 Å². The van der Waals surface area contributed by atoms with E-state index in [0.717, 1.165) is 24.4 Å². The van der Waals surface area contributed by atoms with Crippen LogP contribution in [0.5, 0.6) is 0 Å². The zero-order chi connectivity index (χ0) is 23.6. The van der Waals surface area contributed by atoms with Crippen LogP contribution >= 0.6 is 0 Å². The first-order valence-corrected chi connectivity index (χ1v) is 11.2. The summed E-state index contributed by atoms with van der Waals surface area (Å²) in [4.78, 5) is 17.1. The normalized spacial score (nSPS) is 12.4. The van der Waals surface area contributed by atoms with Crippen LogP contribution in [0.4, 0.5) is 4.79 Å². The summed E-state index contributed by atoms with van der Waals surface area (Å²) < 4.78 is 7.38. The summed E-state index contributed by atoms with van der Waals surface area (Å²) in [5, 5.41) is 17.9. The largest absolute Gasteiger partial charge is 0.444 e. The second kappa shape index (κ2) is 11.5. The predicted molar refractivity (Wildman–Crippen MR) is 127 cm³/mol. The lowest BCUT2D eigenvalue weighted by atomic mass is 9.93. The van der Waals surface area contributed by atoms with Gasteiger partial charge in [0.1, 0.15) is 18.5 Å². The van der Waals surface area contributed by atoms with Gasteiger partial charge in [-0.15, -0.1) is 10.2 Å². The molecule has 2 rings (SSSR count). The predicted octanol–water partition coefficient (Wildman–Crippen LogP) is 3.41. The van der Waals surface area contributed by atoms with Gasteiger partial charge in [0.25, 0.3) is 0 Å². The molecule has 0 spiro atoms. The molecule has 176 valence electrons. The molecule has 2 aromatic rings. The maximum atomic E-state index is 12.4. The van der Waals surface area contributed by atoms with Gasteiger partial charge in [0.2, 0.25) is 0 Å². The number of aromatic nitrogens is 3. The van der Waals surface area contributed by atoms with Crippen LogP contribution in [-0.4, -0.2) is 51.0 Å². The van der Waals surface area contributed by atoms with Crippen molar-refractivity contribution in [1.82, 2.24) is 30.7 Å². The first kappa shape index (κ1) is 25.2. The number of alkyl carbamates (subject to hydrolysis) is 1. The number of nitrogens with zero attached hydrogens (tertiary/aromatic N) is 4. The lowest BCUT2D eigenvalue weighted by Crippen LogP contribution is -2.57. The van der Waals surface area contributed by atoms with Crippen LogP contribution in [0.2, 0.25) is 0 Å². The van der Waals surface area contributed by atoms with Crippen molar-refractivity contribution in [2.45, 2.75) is 72.1 Å². The van der Waals surface area contributed by atoms with E-state index in [-0.39, 0.29) is 0 Å². The number of amides is 1. The Morgan fingerprint density at radius 1 is 1.09 bits per heavy atom. The Morgan fingerprint density at radius 3 is 2.38 bits per heavy atom. The first-order valence-electron chi connectivity index (χ1n) is 11.2. The van der Waals surface area contributed by atoms with E-state index in [1.54, 1.807) is 6.33 Å². The molecule has 1 aromatic carbocycles. The number of rotatable bonds is 9. The fourth-order valence-corrected chi connectivity index (χ4v) is 3.16. The fourth-order valence-electron chi connectivity index (χ4n) is 3.16. The number of guanidine groups is 1. The van der Waals surface area contributed by atoms with Crippen molar-refractivity contribution in [3.05, 3.63) is 42.5 Å². The molecular formula is C23H37N7O2. The van der Waals surface area contributed by atoms with Gasteiger partial charge in [0.15, 0.2) is 11.8 Å². The third-order valence-corrected chi connectivity index (χ3v) is 5.09. The summed E-state index contributed by atoms with van der Waals surface area (Å²) in [7, 11) is 0. The van der Waals surface area contributed by atoms with E-state index < -0.39 is 17.2 Å². The third kappa shape index (κ3) is 7.55. The quantitative estimate of drug-likeness (QED) is 0.405. The van der Waals surface area contributed by atoms with Crippen LogP contribution in [0.15, 0.2) is 41.7 Å². The van der Waals surface area contributed by atoms with Crippen LogP contribution in [0.3, 0.4) is 0 Å². The van der Waals surface area contributed by atoms with E-state index in [4.69, 9.17) is 4.74 Å². The van der Waals surface area contributed by atoms with Gasteiger partial charge in [-0.2, -0.15) is 0 Å². The highest BCUT2D eigenvalue weighted by Crippen LogP contribution is 2.16. The maximum absolute atomic E-state index is 12.4. The molecule has 32 heavy (non-hydrogen) atoms. The molecule has 0 aliphatic heterocycles. The monoisotopic (exact) mass is 443 g/mol. The minimum absolute atomic E-state index is 0.356. The molecule has 9 heteroatoms. The van der Waals surface area contributed by atoms with E-state index in [0.29, 0.717) is 25.6 Å². The fraction of sp³-hybridized carbons (Fsp3) is 0.565. The van der Waals surface area contributed by atoms with Crippen molar-refractivity contribution >= 4 is 12.1 Å². The average Bonchev–Trinajstić information content (AvgIpc) is 3.22. The minimum Gasteiger partial charge on any atom is -0.444 e. The Kier molecular flexibility index (Phi) is 9.04. The molecule has 0 fully saturated rings. The Hall–Kier alpha value is -3.10. The molecule has 0 saturated carbocycles. The van der Waals surface area contributed by atoms with Gasteiger partial charge in [-0.25, -0.2) is 9.79 Å². The molecule has 0 aliphatic rings. The number of benzene rings is 1. The molecule has 9 nitrogen and oxygen atoms in total. The highest BCUT2D eigenvalue weighted by molar-refractivity contribution is 5.80. The number of hydrogen-bond acceptors (Lipinski definition) is 5. The van der Waals surface area contributed by atoms with Crippen LogP contribution in [0.25, 0.3) is 5.69 Å². The number of carbonyl (C=O) groups excluding carboxylic acids is 1. The molecule has 0 saturated heterocycles. The maximum Gasteiger partial charge on any atom is 0.408 e. The zero-order valence-electron chi connectivity index (χ0n) is 20.1. The summed E-state index contributed by atoms with van der Waals surface area (Å²) in [6, 6.07) is 9.91. The second-order valence-corrected chi connectivity index (χ2v) is 8.62. The van der Waals surface area contributed by atoms with Crippen molar-refractivity contribution in [2.75, 3.05) is 13.1 Å². The molecule has 0 bridgehead atoms. The van der Waals surface area contributed by atoms with Gasteiger partial charge >= 0.3 is 6.09 Å². The average molecular weight is 444 g/mol. The summed E-state index contributed by atoms with van der Waals surface area (Å²) >= 11 is 0. The van der Waals surface area contributed by atoms with Crippen LogP contribution < -0.4 is 16.0 Å². The molecule has 1 aromatic heterocycles. The van der Waals surface area contributed by atoms with Crippen molar-refractivity contribution < 1.29 is 9.53 Å². The standard InChI is InChI=1S/C23H37N7O2/c1-7-23(8-2,28-21(31)32-22(4,5)6)16-26-20(24-9-3)25-15-19-29-27-17-30(19)18-13-11-10-12-14-18/h10-14,17H,7-9,15-16H2,1-6H3,(H,28,31)(H2,24,25,26). The first-order chi connectivity index (χ1) is 15.2. The van der Waals surface area contributed by atoms with Crippen LogP contribution in [-0.2, 0) is 11.3 Å². The van der Waals surface area contributed by atoms with E-state index in [1.807, 2.05) is 62.6 Å². The van der Waals surface area contributed by atoms with Gasteiger partial charge < -0.3 is 20.7 Å². The molecule has 0 unspecified atom stereocenters. The molecule has 0 atom stereocenters. The Labute approximate surface area is 191 Å².